The Hall–Kier alpha value is -1.36. The van der Waals surface area contributed by atoms with Crippen LogP contribution < -0.4 is 5.73 Å². The molecule has 2 rings (SSSR count). The van der Waals surface area contributed by atoms with E-state index in [2.05, 4.69) is 5.16 Å². The predicted molar refractivity (Wildman–Crippen MR) is 49.3 cm³/mol. The van der Waals surface area contributed by atoms with Gasteiger partial charge in [0.25, 0.3) is 0 Å². The summed E-state index contributed by atoms with van der Waals surface area (Å²) in [5.41, 5.74) is 7.59. The van der Waals surface area contributed by atoms with Gasteiger partial charge < -0.3 is 15.2 Å². The molecule has 1 aliphatic rings. The van der Waals surface area contributed by atoms with Crippen LogP contribution in [0, 0.1) is 6.92 Å². The lowest BCUT2D eigenvalue weighted by molar-refractivity contribution is -0.127. The molecule has 0 aliphatic carbocycles. The minimum atomic E-state index is -0.161. The number of rotatable bonds is 1. The van der Waals surface area contributed by atoms with Gasteiger partial charge in [-0.1, -0.05) is 5.16 Å². The number of aryl methyl sites for hydroxylation is 1. The Kier molecular flexibility index (Phi) is 2.03. The number of nitrogens with two attached hydrogens (primary N) is 1. The molecule has 0 saturated carbocycles. The van der Waals surface area contributed by atoms with Gasteiger partial charge in [0.15, 0.2) is 0 Å². The summed E-state index contributed by atoms with van der Waals surface area (Å²) in [7, 11) is 1.76. The van der Waals surface area contributed by atoms with Crippen molar-refractivity contribution in [2.75, 3.05) is 7.05 Å². The summed E-state index contributed by atoms with van der Waals surface area (Å²) in [4.78, 5) is 13.1. The van der Waals surface area contributed by atoms with Crippen LogP contribution in [0.15, 0.2) is 10.8 Å². The number of aromatic nitrogens is 1. The van der Waals surface area contributed by atoms with Crippen molar-refractivity contribution in [1.82, 2.24) is 10.1 Å². The third-order valence-corrected chi connectivity index (χ3v) is 2.73. The van der Waals surface area contributed by atoms with Crippen molar-refractivity contribution < 1.29 is 9.32 Å². The third-order valence-electron chi connectivity index (χ3n) is 2.73. The monoisotopic (exact) mass is 195 g/mol. The maximum atomic E-state index is 11.4. The third kappa shape index (κ3) is 1.21. The Morgan fingerprint density at radius 3 is 2.86 bits per heavy atom. The number of hydrogen-bond donors (Lipinski definition) is 1. The highest BCUT2D eigenvalue weighted by Gasteiger charge is 2.37. The van der Waals surface area contributed by atoms with Crippen molar-refractivity contribution >= 4 is 5.91 Å². The van der Waals surface area contributed by atoms with Gasteiger partial charge in [-0.2, -0.15) is 0 Å². The van der Waals surface area contributed by atoms with E-state index in [1.54, 1.807) is 18.2 Å². The van der Waals surface area contributed by atoms with Crippen LogP contribution in [-0.4, -0.2) is 29.1 Å². The zero-order valence-corrected chi connectivity index (χ0v) is 8.23. The van der Waals surface area contributed by atoms with Gasteiger partial charge in [-0.3, -0.25) is 4.79 Å². The molecule has 76 valence electrons. The van der Waals surface area contributed by atoms with Gasteiger partial charge in [-0.15, -0.1) is 0 Å². The molecule has 2 atom stereocenters. The molecule has 1 saturated heterocycles. The highest BCUT2D eigenvalue weighted by Crippen LogP contribution is 2.31. The van der Waals surface area contributed by atoms with Crippen molar-refractivity contribution in [3.63, 3.8) is 0 Å². The first-order chi connectivity index (χ1) is 6.61. The molecule has 1 aromatic rings. The van der Waals surface area contributed by atoms with E-state index in [1.165, 1.54) is 0 Å². The summed E-state index contributed by atoms with van der Waals surface area (Å²) >= 11 is 0. The van der Waals surface area contributed by atoms with Gasteiger partial charge in [-0.05, 0) is 6.92 Å². The van der Waals surface area contributed by atoms with Gasteiger partial charge in [-0.25, -0.2) is 0 Å². The van der Waals surface area contributed by atoms with E-state index in [4.69, 9.17) is 10.3 Å². The molecule has 0 bridgehead atoms. The van der Waals surface area contributed by atoms with E-state index in [-0.39, 0.29) is 18.0 Å². The fourth-order valence-corrected chi connectivity index (χ4v) is 1.92. The lowest BCUT2D eigenvalue weighted by Gasteiger charge is -2.21. The fraction of sp³-hybridized carbons (Fsp3) is 0.556. The molecule has 2 N–H and O–H groups in total. The maximum absolute atomic E-state index is 11.4. The van der Waals surface area contributed by atoms with Crippen molar-refractivity contribution in [2.24, 2.45) is 5.73 Å². The second kappa shape index (κ2) is 3.09. The molecule has 0 spiro atoms. The Bertz CT molecular complexity index is 361. The SMILES string of the molecule is Cc1nocc1C1C(N)CC(=O)N1C. The number of nitrogens with zero attached hydrogens (tertiary/aromatic N) is 2. The molecule has 5 nitrogen and oxygen atoms in total. The molecule has 2 heterocycles. The number of carbonyl (C=O) groups excluding carboxylic acids is 1. The molecule has 0 aromatic carbocycles. The summed E-state index contributed by atoms with van der Waals surface area (Å²) in [6, 6.07) is -0.251. The minimum absolute atomic E-state index is 0.0723. The zero-order valence-electron chi connectivity index (χ0n) is 8.23. The van der Waals surface area contributed by atoms with Crippen LogP contribution in [0.3, 0.4) is 0 Å². The standard InChI is InChI=1S/C9H13N3O2/c1-5-6(4-14-11-5)9-7(10)3-8(13)12(9)2/h4,7,9H,3,10H2,1-2H3. The first-order valence-corrected chi connectivity index (χ1v) is 4.53. The van der Waals surface area contributed by atoms with Crippen LogP contribution in [0.25, 0.3) is 0 Å². The normalized spacial score (nSPS) is 27.4. The first kappa shape index (κ1) is 9.21. The van der Waals surface area contributed by atoms with Crippen molar-refractivity contribution in [1.29, 1.82) is 0 Å². The molecule has 5 heteroatoms. The summed E-state index contributed by atoms with van der Waals surface area (Å²) in [6.45, 7) is 1.85. The van der Waals surface area contributed by atoms with Gasteiger partial charge in [0.1, 0.15) is 6.26 Å². The first-order valence-electron chi connectivity index (χ1n) is 4.53. The van der Waals surface area contributed by atoms with E-state index < -0.39 is 0 Å². The van der Waals surface area contributed by atoms with Crippen LogP contribution in [0.4, 0.5) is 0 Å². The smallest absolute Gasteiger partial charge is 0.224 e. The van der Waals surface area contributed by atoms with Gasteiger partial charge in [0.2, 0.25) is 5.91 Å². The van der Waals surface area contributed by atoms with Gasteiger partial charge in [0, 0.05) is 25.1 Å². The molecular formula is C9H13N3O2. The Morgan fingerprint density at radius 2 is 2.43 bits per heavy atom. The van der Waals surface area contributed by atoms with Crippen LogP contribution in [0.2, 0.25) is 0 Å². The van der Waals surface area contributed by atoms with Crippen LogP contribution in [0.5, 0.6) is 0 Å². The average Bonchev–Trinajstić information content (AvgIpc) is 2.60. The van der Waals surface area contributed by atoms with Crippen LogP contribution in [0.1, 0.15) is 23.7 Å². The Morgan fingerprint density at radius 1 is 1.71 bits per heavy atom. The average molecular weight is 195 g/mol. The van der Waals surface area contributed by atoms with Crippen molar-refractivity contribution in [3.8, 4) is 0 Å². The van der Waals surface area contributed by atoms with E-state index >= 15 is 0 Å². The molecule has 0 radical (unpaired) electrons. The second-order valence-corrected chi connectivity index (χ2v) is 3.67. The fourth-order valence-electron chi connectivity index (χ4n) is 1.92. The van der Waals surface area contributed by atoms with Crippen LogP contribution in [-0.2, 0) is 4.79 Å². The second-order valence-electron chi connectivity index (χ2n) is 3.67. The summed E-state index contributed by atoms with van der Waals surface area (Å²) < 4.78 is 4.85. The highest BCUT2D eigenvalue weighted by molar-refractivity contribution is 5.80. The molecule has 1 amide bonds. The number of likely N-dealkylation sites (tertiary alicyclic amines) is 1. The van der Waals surface area contributed by atoms with Crippen LogP contribution >= 0.6 is 0 Å². The van der Waals surface area contributed by atoms with E-state index in [9.17, 15) is 4.79 Å². The van der Waals surface area contributed by atoms with Crippen molar-refractivity contribution in [2.45, 2.75) is 25.4 Å². The van der Waals surface area contributed by atoms with E-state index in [0.29, 0.717) is 6.42 Å². The molecule has 1 aliphatic heterocycles. The topological polar surface area (TPSA) is 72.4 Å². The quantitative estimate of drug-likeness (QED) is 0.695. The molecule has 14 heavy (non-hydrogen) atoms. The number of hydrogen-bond acceptors (Lipinski definition) is 4. The van der Waals surface area contributed by atoms with E-state index in [0.717, 1.165) is 11.3 Å². The zero-order chi connectivity index (χ0) is 10.3. The number of likely N-dealkylation sites (N-methyl/N-ethyl adjacent to an activating group) is 1. The largest absolute Gasteiger partial charge is 0.364 e. The number of carbonyl (C=O) groups is 1. The lowest BCUT2D eigenvalue weighted by atomic mass is 10.0. The molecule has 1 aromatic heterocycles. The number of amides is 1. The van der Waals surface area contributed by atoms with Crippen molar-refractivity contribution in [3.05, 3.63) is 17.5 Å². The molecular weight excluding hydrogens is 182 g/mol. The summed E-state index contributed by atoms with van der Waals surface area (Å²) in [6.07, 6.45) is 1.96. The highest BCUT2D eigenvalue weighted by atomic mass is 16.5. The summed E-state index contributed by atoms with van der Waals surface area (Å²) in [5.74, 6) is 0.0723. The summed E-state index contributed by atoms with van der Waals surface area (Å²) in [5, 5.41) is 3.79. The Balaban J connectivity index is 2.35. The minimum Gasteiger partial charge on any atom is -0.364 e. The molecule has 2 unspecified atom stereocenters. The van der Waals surface area contributed by atoms with E-state index in [1.807, 2.05) is 6.92 Å². The maximum Gasteiger partial charge on any atom is 0.224 e. The lowest BCUT2D eigenvalue weighted by Crippen LogP contribution is -2.30. The van der Waals surface area contributed by atoms with Gasteiger partial charge in [0.05, 0.1) is 11.7 Å². The predicted octanol–water partition coefficient (Wildman–Crippen LogP) is 0.214. The van der Waals surface area contributed by atoms with Gasteiger partial charge >= 0.3 is 0 Å². The Labute approximate surface area is 81.8 Å². The molecule has 1 fully saturated rings.